The predicted octanol–water partition coefficient (Wildman–Crippen LogP) is 1.83. The molecule has 0 N–H and O–H groups in total. The Morgan fingerprint density at radius 1 is 1.38 bits per heavy atom. The first-order valence-corrected chi connectivity index (χ1v) is 4.69. The fourth-order valence-corrected chi connectivity index (χ4v) is 1.49. The Morgan fingerprint density at radius 2 is 2.12 bits per heavy atom. The maximum Gasteiger partial charge on any atom is 0.340 e. The summed E-state index contributed by atoms with van der Waals surface area (Å²) in [7, 11) is 1.27. The molecule has 0 aliphatic heterocycles. The van der Waals surface area contributed by atoms with Crippen molar-refractivity contribution in [1.82, 2.24) is 4.98 Å². The summed E-state index contributed by atoms with van der Waals surface area (Å²) >= 11 is 0. The zero-order chi connectivity index (χ0) is 11.5. The molecule has 0 saturated heterocycles. The quantitative estimate of drug-likeness (QED) is 0.566. The van der Waals surface area contributed by atoms with Crippen molar-refractivity contribution in [3.63, 3.8) is 0 Å². The van der Waals surface area contributed by atoms with Crippen LogP contribution < -0.4 is 0 Å². The number of esters is 1. The van der Waals surface area contributed by atoms with Crippen molar-refractivity contribution in [3.05, 3.63) is 41.6 Å². The molecule has 0 fully saturated rings. The van der Waals surface area contributed by atoms with Gasteiger partial charge in [0.25, 0.3) is 0 Å². The molecule has 0 atom stereocenters. The predicted molar refractivity (Wildman–Crippen MR) is 58.5 cm³/mol. The molecule has 0 amide bonds. The number of fused-ring (bicyclic) bond motifs is 1. The molecule has 2 aromatic rings. The number of ether oxygens (including phenoxy) is 1. The van der Waals surface area contributed by atoms with Gasteiger partial charge in [0.05, 0.1) is 18.2 Å². The number of nitrogens with zero attached hydrogens (tertiary/aromatic N) is 1. The van der Waals surface area contributed by atoms with E-state index in [1.54, 1.807) is 12.1 Å². The van der Waals surface area contributed by atoms with Crippen LogP contribution in [0.5, 0.6) is 0 Å². The lowest BCUT2D eigenvalue weighted by molar-refractivity contribution is 0.0598. The molecule has 4 heteroatoms. The third-order valence-corrected chi connectivity index (χ3v) is 2.27. The maximum atomic E-state index is 11.4. The molecule has 1 aromatic carbocycles. The smallest absolute Gasteiger partial charge is 0.340 e. The van der Waals surface area contributed by atoms with E-state index >= 15 is 0 Å². The zero-order valence-corrected chi connectivity index (χ0v) is 8.64. The number of para-hydroxylation sites is 1. The second-order valence-electron chi connectivity index (χ2n) is 3.22. The summed E-state index contributed by atoms with van der Waals surface area (Å²) < 4.78 is 4.59. The number of aldehydes is 1. The van der Waals surface area contributed by atoms with Gasteiger partial charge in [-0.15, -0.1) is 0 Å². The Kier molecular flexibility index (Phi) is 2.64. The van der Waals surface area contributed by atoms with Gasteiger partial charge >= 0.3 is 5.97 Å². The Morgan fingerprint density at radius 3 is 2.81 bits per heavy atom. The summed E-state index contributed by atoms with van der Waals surface area (Å²) in [6.45, 7) is 0. The molecule has 0 unspecified atom stereocenters. The van der Waals surface area contributed by atoms with E-state index in [4.69, 9.17) is 0 Å². The molecule has 1 aromatic heterocycles. The molecule has 4 nitrogen and oxygen atoms in total. The minimum Gasteiger partial charge on any atom is -0.465 e. The molecular formula is C12H9NO3. The van der Waals surface area contributed by atoms with Crippen LogP contribution >= 0.6 is 0 Å². The first-order valence-electron chi connectivity index (χ1n) is 4.69. The summed E-state index contributed by atoms with van der Waals surface area (Å²) in [6, 6.07) is 8.87. The number of methoxy groups -OCH3 is 1. The van der Waals surface area contributed by atoms with E-state index in [0.717, 1.165) is 5.39 Å². The van der Waals surface area contributed by atoms with E-state index in [9.17, 15) is 9.59 Å². The van der Waals surface area contributed by atoms with Crippen LogP contribution in [0.2, 0.25) is 0 Å². The highest BCUT2D eigenvalue weighted by molar-refractivity contribution is 6.00. The molecule has 16 heavy (non-hydrogen) atoms. The number of rotatable bonds is 2. The fourth-order valence-electron chi connectivity index (χ4n) is 1.49. The van der Waals surface area contributed by atoms with Crippen molar-refractivity contribution in [1.29, 1.82) is 0 Å². The molecule has 80 valence electrons. The summed E-state index contributed by atoms with van der Waals surface area (Å²) in [5.41, 5.74) is 0.971. The van der Waals surface area contributed by atoms with E-state index in [0.29, 0.717) is 11.8 Å². The average Bonchev–Trinajstić information content (AvgIpc) is 2.36. The van der Waals surface area contributed by atoms with Crippen LogP contribution in [-0.4, -0.2) is 24.3 Å². The van der Waals surface area contributed by atoms with Crippen molar-refractivity contribution in [2.45, 2.75) is 0 Å². The largest absolute Gasteiger partial charge is 0.465 e. The van der Waals surface area contributed by atoms with Crippen LogP contribution in [0.25, 0.3) is 10.9 Å². The van der Waals surface area contributed by atoms with Crippen LogP contribution in [0.3, 0.4) is 0 Å². The van der Waals surface area contributed by atoms with Crippen molar-refractivity contribution in [2.75, 3.05) is 7.11 Å². The maximum absolute atomic E-state index is 11.4. The first-order chi connectivity index (χ1) is 7.76. The van der Waals surface area contributed by atoms with Crippen molar-refractivity contribution < 1.29 is 14.3 Å². The van der Waals surface area contributed by atoms with Gasteiger partial charge in [-0.25, -0.2) is 9.78 Å². The van der Waals surface area contributed by atoms with Crippen LogP contribution in [0.15, 0.2) is 30.3 Å². The average molecular weight is 215 g/mol. The number of pyridine rings is 1. The summed E-state index contributed by atoms with van der Waals surface area (Å²) in [5, 5.41) is 0.800. The van der Waals surface area contributed by atoms with Gasteiger partial charge in [-0.3, -0.25) is 4.79 Å². The third-order valence-electron chi connectivity index (χ3n) is 2.27. The number of carbonyl (C=O) groups excluding carboxylic acids is 2. The van der Waals surface area contributed by atoms with Gasteiger partial charge in [0, 0.05) is 5.39 Å². The number of hydrogen-bond donors (Lipinski definition) is 0. The molecular weight excluding hydrogens is 206 g/mol. The Bertz CT molecular complexity index is 563. The molecule has 0 spiro atoms. The lowest BCUT2D eigenvalue weighted by Gasteiger charge is -2.04. The van der Waals surface area contributed by atoms with Crippen molar-refractivity contribution in [2.24, 2.45) is 0 Å². The Hall–Kier alpha value is -2.23. The zero-order valence-electron chi connectivity index (χ0n) is 8.64. The van der Waals surface area contributed by atoms with Crippen LogP contribution in [0.4, 0.5) is 0 Å². The minimum atomic E-state index is -0.555. The molecule has 0 aliphatic carbocycles. The van der Waals surface area contributed by atoms with Gasteiger partial charge in [0.1, 0.15) is 5.69 Å². The minimum absolute atomic E-state index is 0.102. The standard InChI is InChI=1S/C12H9NO3/c1-16-12(15)9-6-8-4-2-3-5-10(8)13-11(9)7-14/h2-7H,1H3. The highest BCUT2D eigenvalue weighted by Gasteiger charge is 2.13. The highest BCUT2D eigenvalue weighted by atomic mass is 16.5. The molecule has 0 radical (unpaired) electrons. The summed E-state index contributed by atoms with van der Waals surface area (Å²) in [6.07, 6.45) is 0.554. The van der Waals surface area contributed by atoms with E-state index in [2.05, 4.69) is 9.72 Å². The van der Waals surface area contributed by atoms with Gasteiger partial charge in [-0.2, -0.15) is 0 Å². The normalized spacial score (nSPS) is 10.1. The van der Waals surface area contributed by atoms with E-state index in [1.165, 1.54) is 7.11 Å². The highest BCUT2D eigenvalue weighted by Crippen LogP contribution is 2.16. The van der Waals surface area contributed by atoms with Gasteiger partial charge in [0.15, 0.2) is 6.29 Å². The van der Waals surface area contributed by atoms with Crippen LogP contribution in [0.1, 0.15) is 20.8 Å². The van der Waals surface area contributed by atoms with E-state index < -0.39 is 5.97 Å². The molecule has 2 rings (SSSR count). The Balaban J connectivity index is 2.72. The third kappa shape index (κ3) is 1.65. The number of hydrogen-bond acceptors (Lipinski definition) is 4. The molecule has 1 heterocycles. The molecule has 0 saturated carbocycles. The topological polar surface area (TPSA) is 56.3 Å². The second kappa shape index (κ2) is 4.10. The molecule has 0 aliphatic rings. The SMILES string of the molecule is COC(=O)c1cc2ccccc2nc1C=O. The lowest BCUT2D eigenvalue weighted by Crippen LogP contribution is -2.07. The number of aromatic nitrogens is 1. The summed E-state index contributed by atoms with van der Waals surface area (Å²) in [4.78, 5) is 26.3. The monoisotopic (exact) mass is 215 g/mol. The first kappa shape index (κ1) is 10.3. The molecule has 0 bridgehead atoms. The van der Waals surface area contributed by atoms with Gasteiger partial charge in [-0.1, -0.05) is 18.2 Å². The van der Waals surface area contributed by atoms with Gasteiger partial charge in [0.2, 0.25) is 0 Å². The van der Waals surface area contributed by atoms with Crippen molar-refractivity contribution in [3.8, 4) is 0 Å². The fraction of sp³-hybridized carbons (Fsp3) is 0.0833. The lowest BCUT2D eigenvalue weighted by atomic mass is 10.1. The van der Waals surface area contributed by atoms with Gasteiger partial charge < -0.3 is 4.74 Å². The van der Waals surface area contributed by atoms with Crippen LogP contribution in [0, 0.1) is 0 Å². The van der Waals surface area contributed by atoms with Gasteiger partial charge in [-0.05, 0) is 12.1 Å². The van der Waals surface area contributed by atoms with Crippen LogP contribution in [-0.2, 0) is 4.74 Å². The van der Waals surface area contributed by atoms with Crippen molar-refractivity contribution >= 4 is 23.2 Å². The second-order valence-corrected chi connectivity index (χ2v) is 3.22. The Labute approximate surface area is 91.9 Å². The van der Waals surface area contributed by atoms with E-state index in [-0.39, 0.29) is 11.3 Å². The number of carbonyl (C=O) groups is 2. The summed E-state index contributed by atoms with van der Waals surface area (Å²) in [5.74, 6) is -0.555. The van der Waals surface area contributed by atoms with E-state index in [1.807, 2.05) is 18.2 Å². The number of benzene rings is 1.